The van der Waals surface area contributed by atoms with Crippen LogP contribution >= 0.6 is 0 Å². The van der Waals surface area contributed by atoms with Crippen molar-refractivity contribution in [2.24, 2.45) is 5.92 Å². The number of nitrogens with one attached hydrogen (secondary N) is 2. The number of ether oxygens (including phenoxy) is 1. The van der Waals surface area contributed by atoms with E-state index in [4.69, 9.17) is 4.74 Å². The first-order chi connectivity index (χ1) is 13.1. The lowest BCUT2D eigenvalue weighted by molar-refractivity contribution is -0.118. The number of methoxy groups -OCH3 is 1. The van der Waals surface area contributed by atoms with Gasteiger partial charge < -0.3 is 10.1 Å². The van der Waals surface area contributed by atoms with Gasteiger partial charge in [-0.05, 0) is 42.3 Å². The maximum atomic E-state index is 12.8. The van der Waals surface area contributed by atoms with E-state index in [0.29, 0.717) is 5.75 Å². The van der Waals surface area contributed by atoms with Gasteiger partial charge in [-0.3, -0.25) is 4.79 Å². The summed E-state index contributed by atoms with van der Waals surface area (Å²) < 4.78 is 58.3. The van der Waals surface area contributed by atoms with E-state index in [9.17, 15) is 22.0 Å². The minimum atomic E-state index is -3.97. The van der Waals surface area contributed by atoms with E-state index in [-0.39, 0.29) is 22.1 Å². The molecule has 152 valence electrons. The SMILES string of the molecule is COc1ccc(S(=O)(=O)N[C@H](C(=O)Nc2cccc(C(F)F)c2)C(C)C)cc1. The van der Waals surface area contributed by atoms with Gasteiger partial charge in [-0.15, -0.1) is 0 Å². The predicted octanol–water partition coefficient (Wildman–Crippen LogP) is 3.57. The fraction of sp³-hybridized carbons (Fsp3) is 0.316. The molecule has 9 heteroatoms. The van der Waals surface area contributed by atoms with Crippen LogP contribution < -0.4 is 14.8 Å². The highest BCUT2D eigenvalue weighted by atomic mass is 32.2. The van der Waals surface area contributed by atoms with E-state index in [1.807, 2.05) is 0 Å². The molecule has 6 nitrogen and oxygen atoms in total. The van der Waals surface area contributed by atoms with Crippen LogP contribution in [0.2, 0.25) is 0 Å². The van der Waals surface area contributed by atoms with Crippen molar-refractivity contribution in [3.63, 3.8) is 0 Å². The van der Waals surface area contributed by atoms with Gasteiger partial charge in [0.05, 0.1) is 12.0 Å². The monoisotopic (exact) mass is 412 g/mol. The number of carbonyl (C=O) groups excluding carboxylic acids is 1. The van der Waals surface area contributed by atoms with Crippen molar-refractivity contribution in [1.29, 1.82) is 0 Å². The van der Waals surface area contributed by atoms with Gasteiger partial charge in [-0.25, -0.2) is 17.2 Å². The van der Waals surface area contributed by atoms with E-state index in [2.05, 4.69) is 10.0 Å². The second-order valence-electron chi connectivity index (χ2n) is 6.43. The highest BCUT2D eigenvalue weighted by Crippen LogP contribution is 2.22. The first kappa shape index (κ1) is 21.8. The maximum Gasteiger partial charge on any atom is 0.263 e. The molecule has 2 aromatic rings. The van der Waals surface area contributed by atoms with Crippen molar-refractivity contribution in [2.75, 3.05) is 12.4 Å². The number of amides is 1. The fourth-order valence-corrected chi connectivity index (χ4v) is 3.80. The van der Waals surface area contributed by atoms with Gasteiger partial charge in [-0.1, -0.05) is 26.0 Å². The predicted molar refractivity (Wildman–Crippen MR) is 102 cm³/mol. The molecular formula is C19H22F2N2O4S. The third-order valence-electron chi connectivity index (χ3n) is 4.01. The Kier molecular flexibility index (Phi) is 7.09. The van der Waals surface area contributed by atoms with Gasteiger partial charge in [0.25, 0.3) is 6.43 Å². The fourth-order valence-electron chi connectivity index (χ4n) is 2.45. The van der Waals surface area contributed by atoms with Crippen LogP contribution in [0.4, 0.5) is 14.5 Å². The molecule has 0 aliphatic rings. The zero-order chi connectivity index (χ0) is 20.9. The molecule has 0 saturated carbocycles. The minimum Gasteiger partial charge on any atom is -0.497 e. The lowest BCUT2D eigenvalue weighted by atomic mass is 10.0. The van der Waals surface area contributed by atoms with E-state index < -0.39 is 28.4 Å². The molecule has 2 N–H and O–H groups in total. The molecule has 0 spiro atoms. The van der Waals surface area contributed by atoms with Crippen LogP contribution in [0.5, 0.6) is 5.75 Å². The third-order valence-corrected chi connectivity index (χ3v) is 5.46. The molecule has 0 aliphatic heterocycles. The number of carbonyl (C=O) groups is 1. The Bertz CT molecular complexity index is 916. The number of sulfonamides is 1. The summed E-state index contributed by atoms with van der Waals surface area (Å²) in [6, 6.07) is 9.86. The van der Waals surface area contributed by atoms with Gasteiger partial charge in [-0.2, -0.15) is 4.72 Å². The summed E-state index contributed by atoms with van der Waals surface area (Å²) in [5.41, 5.74) is -0.0743. The van der Waals surface area contributed by atoms with E-state index in [1.54, 1.807) is 13.8 Å². The van der Waals surface area contributed by atoms with Crippen LogP contribution in [-0.2, 0) is 14.8 Å². The summed E-state index contributed by atoms with van der Waals surface area (Å²) in [4.78, 5) is 12.6. The molecule has 0 heterocycles. The Balaban J connectivity index is 2.19. The number of anilines is 1. The number of rotatable bonds is 8. The minimum absolute atomic E-state index is 0.0218. The molecule has 0 bridgehead atoms. The Morgan fingerprint density at radius 2 is 1.71 bits per heavy atom. The largest absolute Gasteiger partial charge is 0.497 e. The maximum absolute atomic E-state index is 12.8. The topological polar surface area (TPSA) is 84.5 Å². The third kappa shape index (κ3) is 5.49. The molecular weight excluding hydrogens is 390 g/mol. The molecule has 28 heavy (non-hydrogen) atoms. The smallest absolute Gasteiger partial charge is 0.263 e. The molecule has 0 aromatic heterocycles. The number of halogens is 2. The van der Waals surface area contributed by atoms with Gasteiger partial charge in [0.1, 0.15) is 11.8 Å². The van der Waals surface area contributed by atoms with Crippen molar-refractivity contribution in [2.45, 2.75) is 31.2 Å². The van der Waals surface area contributed by atoms with Crippen molar-refractivity contribution in [3.8, 4) is 5.75 Å². The Morgan fingerprint density at radius 3 is 2.25 bits per heavy atom. The molecule has 0 radical (unpaired) electrons. The first-order valence-corrected chi connectivity index (χ1v) is 9.97. The normalized spacial score (nSPS) is 12.8. The standard InChI is InChI=1S/C19H22F2N2O4S/c1-12(2)17(19(24)22-14-6-4-5-13(11-14)18(20)21)23-28(25,26)16-9-7-15(27-3)8-10-16/h4-12,17-18,23H,1-3H3,(H,22,24)/t17-/m0/s1. The van der Waals surface area contributed by atoms with Crippen LogP contribution in [0, 0.1) is 5.92 Å². The van der Waals surface area contributed by atoms with Crippen LogP contribution in [0.25, 0.3) is 0 Å². The van der Waals surface area contributed by atoms with Gasteiger partial charge in [0, 0.05) is 11.3 Å². The summed E-state index contributed by atoms with van der Waals surface area (Å²) in [7, 11) is -2.51. The van der Waals surface area contributed by atoms with Crippen LogP contribution in [0.1, 0.15) is 25.8 Å². The van der Waals surface area contributed by atoms with Gasteiger partial charge in [0.2, 0.25) is 15.9 Å². The van der Waals surface area contributed by atoms with Crippen LogP contribution in [0.15, 0.2) is 53.4 Å². The number of alkyl halides is 2. The molecule has 0 fully saturated rings. The van der Waals surface area contributed by atoms with Crippen molar-refractivity contribution >= 4 is 21.6 Å². The van der Waals surface area contributed by atoms with E-state index in [0.717, 1.165) is 6.07 Å². The Morgan fingerprint density at radius 1 is 1.07 bits per heavy atom. The zero-order valence-electron chi connectivity index (χ0n) is 15.6. The number of benzene rings is 2. The highest BCUT2D eigenvalue weighted by Gasteiger charge is 2.28. The summed E-state index contributed by atoms with van der Waals surface area (Å²) in [5.74, 6) is -0.527. The molecule has 0 saturated heterocycles. The van der Waals surface area contributed by atoms with Crippen molar-refractivity contribution < 1.29 is 26.7 Å². The van der Waals surface area contributed by atoms with Crippen LogP contribution in [0.3, 0.4) is 0 Å². The Labute approximate surface area is 163 Å². The highest BCUT2D eigenvalue weighted by molar-refractivity contribution is 7.89. The summed E-state index contributed by atoms with van der Waals surface area (Å²) >= 11 is 0. The summed E-state index contributed by atoms with van der Waals surface area (Å²) in [6.45, 7) is 3.35. The summed E-state index contributed by atoms with van der Waals surface area (Å²) in [5, 5.41) is 2.49. The molecule has 2 rings (SSSR count). The molecule has 1 atom stereocenters. The van der Waals surface area contributed by atoms with Gasteiger partial charge in [0.15, 0.2) is 0 Å². The second-order valence-corrected chi connectivity index (χ2v) is 8.15. The molecule has 0 aliphatic carbocycles. The van der Waals surface area contributed by atoms with Crippen LogP contribution in [-0.4, -0.2) is 27.5 Å². The van der Waals surface area contributed by atoms with Crippen molar-refractivity contribution in [3.05, 3.63) is 54.1 Å². The number of hydrogen-bond acceptors (Lipinski definition) is 4. The average Bonchev–Trinajstić information content (AvgIpc) is 2.66. The first-order valence-electron chi connectivity index (χ1n) is 8.49. The van der Waals surface area contributed by atoms with E-state index in [1.165, 1.54) is 49.6 Å². The Hall–Kier alpha value is -2.52. The lowest BCUT2D eigenvalue weighted by Crippen LogP contribution is -2.47. The number of hydrogen-bond donors (Lipinski definition) is 2. The molecule has 0 unspecified atom stereocenters. The molecule has 1 amide bonds. The zero-order valence-corrected chi connectivity index (χ0v) is 16.5. The summed E-state index contributed by atoms with van der Waals surface area (Å²) in [6.07, 6.45) is -2.67. The average molecular weight is 412 g/mol. The lowest BCUT2D eigenvalue weighted by Gasteiger charge is -2.22. The molecule has 2 aromatic carbocycles. The quantitative estimate of drug-likeness (QED) is 0.694. The van der Waals surface area contributed by atoms with Gasteiger partial charge >= 0.3 is 0 Å². The van der Waals surface area contributed by atoms with Crippen molar-refractivity contribution in [1.82, 2.24) is 4.72 Å². The second kappa shape index (κ2) is 9.11. The van der Waals surface area contributed by atoms with E-state index >= 15 is 0 Å².